The molecule has 1 aromatic heterocycles. The lowest BCUT2D eigenvalue weighted by Crippen LogP contribution is -2.37. The Balaban J connectivity index is 2.06. The third kappa shape index (κ3) is 2.50. The molecule has 0 amide bonds. The largest absolute Gasteiger partial charge is 0.294 e. The molecule has 1 aliphatic heterocycles. The molecule has 0 N–H and O–H groups in total. The van der Waals surface area contributed by atoms with Crippen molar-refractivity contribution < 1.29 is 0 Å². The van der Waals surface area contributed by atoms with Crippen LogP contribution in [0.2, 0.25) is 5.15 Å². The molecule has 15 heavy (non-hydrogen) atoms. The molecular weight excluding hydrogens is 208 g/mol. The van der Waals surface area contributed by atoms with Crippen molar-refractivity contribution in [3.63, 3.8) is 0 Å². The quantitative estimate of drug-likeness (QED) is 0.718. The van der Waals surface area contributed by atoms with Crippen LogP contribution in [0.4, 0.5) is 0 Å². The average Bonchev–Trinajstić information content (AvgIpc) is 2.50. The number of hydrogen-bond acceptors (Lipinski definition) is 2. The summed E-state index contributed by atoms with van der Waals surface area (Å²) in [6.07, 6.45) is 4.46. The lowest BCUT2D eigenvalue weighted by atomic mass is 10.0. The van der Waals surface area contributed by atoms with Gasteiger partial charge < -0.3 is 0 Å². The summed E-state index contributed by atoms with van der Waals surface area (Å²) in [5.74, 6) is 0. The van der Waals surface area contributed by atoms with Gasteiger partial charge >= 0.3 is 0 Å². The van der Waals surface area contributed by atoms with E-state index in [2.05, 4.69) is 29.8 Å². The van der Waals surface area contributed by atoms with Gasteiger partial charge in [0.25, 0.3) is 0 Å². The Bertz CT molecular complexity index is 332. The van der Waals surface area contributed by atoms with Crippen LogP contribution in [0, 0.1) is 0 Å². The van der Waals surface area contributed by atoms with Crippen LogP contribution in [0.25, 0.3) is 0 Å². The maximum atomic E-state index is 5.76. The molecule has 1 aromatic rings. The first-order chi connectivity index (χ1) is 7.08. The van der Waals surface area contributed by atoms with Gasteiger partial charge in [0.1, 0.15) is 5.15 Å². The minimum absolute atomic E-state index is 0.333. The van der Waals surface area contributed by atoms with Crippen LogP contribution < -0.4 is 0 Å². The summed E-state index contributed by atoms with van der Waals surface area (Å²) in [5, 5.41) is 0.569. The Morgan fingerprint density at radius 3 is 2.80 bits per heavy atom. The zero-order valence-corrected chi connectivity index (χ0v) is 10.1. The Morgan fingerprint density at radius 2 is 2.27 bits per heavy atom. The monoisotopic (exact) mass is 224 g/mol. The molecule has 3 heteroatoms. The molecule has 1 aliphatic rings. The number of nitrogens with zero attached hydrogens (tertiary/aromatic N) is 2. The molecule has 82 valence electrons. The molecule has 0 bridgehead atoms. The zero-order chi connectivity index (χ0) is 10.9. The molecular formula is C12H17ClN2. The highest BCUT2D eigenvalue weighted by atomic mass is 35.5. The average molecular weight is 225 g/mol. The Hall–Kier alpha value is -0.600. The minimum atomic E-state index is 0.333. The lowest BCUT2D eigenvalue weighted by molar-refractivity contribution is 0.166. The predicted molar refractivity (Wildman–Crippen MR) is 63.0 cm³/mol. The van der Waals surface area contributed by atoms with Gasteiger partial charge in [-0.3, -0.25) is 4.90 Å². The van der Waals surface area contributed by atoms with Crippen molar-refractivity contribution in [1.82, 2.24) is 9.88 Å². The van der Waals surface area contributed by atoms with Crippen molar-refractivity contribution in [3.8, 4) is 0 Å². The number of hydrogen-bond donors (Lipinski definition) is 0. The van der Waals surface area contributed by atoms with Gasteiger partial charge in [-0.05, 0) is 44.9 Å². The van der Waals surface area contributed by atoms with Crippen molar-refractivity contribution in [2.24, 2.45) is 0 Å². The van der Waals surface area contributed by atoms with Crippen LogP contribution in [-0.4, -0.2) is 22.0 Å². The molecule has 0 aliphatic carbocycles. The summed E-state index contributed by atoms with van der Waals surface area (Å²) in [6.45, 7) is 6.79. The topological polar surface area (TPSA) is 16.1 Å². The van der Waals surface area contributed by atoms with E-state index < -0.39 is 0 Å². The zero-order valence-electron chi connectivity index (χ0n) is 9.33. The summed E-state index contributed by atoms with van der Waals surface area (Å²) in [6, 6.07) is 3.92. The molecule has 0 aromatic carbocycles. The van der Waals surface area contributed by atoms with Crippen molar-refractivity contribution in [2.75, 3.05) is 6.54 Å². The van der Waals surface area contributed by atoms with Crippen LogP contribution in [-0.2, 0) is 6.54 Å². The van der Waals surface area contributed by atoms with Crippen LogP contribution in [0.15, 0.2) is 18.3 Å². The summed E-state index contributed by atoms with van der Waals surface area (Å²) < 4.78 is 0. The van der Waals surface area contributed by atoms with Crippen molar-refractivity contribution in [1.29, 1.82) is 0 Å². The van der Waals surface area contributed by atoms with Crippen LogP contribution in [0.3, 0.4) is 0 Å². The summed E-state index contributed by atoms with van der Waals surface area (Å²) in [7, 11) is 0. The standard InChI is InChI=1S/C12H17ClN2/c1-12(2)6-3-7-15(12)9-10-4-5-11(13)14-8-10/h4-5,8H,3,6-7,9H2,1-2H3. The van der Waals surface area contributed by atoms with E-state index in [1.807, 2.05) is 12.3 Å². The maximum Gasteiger partial charge on any atom is 0.129 e. The number of aromatic nitrogens is 1. The summed E-state index contributed by atoms with van der Waals surface area (Å²) >= 11 is 5.76. The number of likely N-dealkylation sites (tertiary alicyclic amines) is 1. The van der Waals surface area contributed by atoms with Gasteiger partial charge in [0.15, 0.2) is 0 Å². The highest BCUT2D eigenvalue weighted by molar-refractivity contribution is 6.29. The van der Waals surface area contributed by atoms with Crippen molar-refractivity contribution in [3.05, 3.63) is 29.0 Å². The second-order valence-electron chi connectivity index (χ2n) is 4.83. The number of pyridine rings is 1. The SMILES string of the molecule is CC1(C)CCCN1Cc1ccc(Cl)nc1. The summed E-state index contributed by atoms with van der Waals surface area (Å²) in [5.41, 5.74) is 1.58. The fourth-order valence-electron chi connectivity index (χ4n) is 2.18. The van der Waals surface area contributed by atoms with E-state index in [-0.39, 0.29) is 0 Å². The highest BCUT2D eigenvalue weighted by Gasteiger charge is 2.31. The Kier molecular flexibility index (Phi) is 2.98. The van der Waals surface area contributed by atoms with Crippen LogP contribution in [0.5, 0.6) is 0 Å². The van der Waals surface area contributed by atoms with Gasteiger partial charge in [-0.25, -0.2) is 4.98 Å². The fourth-order valence-corrected chi connectivity index (χ4v) is 2.29. The van der Waals surface area contributed by atoms with E-state index >= 15 is 0 Å². The smallest absolute Gasteiger partial charge is 0.129 e. The van der Waals surface area contributed by atoms with E-state index in [9.17, 15) is 0 Å². The first-order valence-corrected chi connectivity index (χ1v) is 5.81. The van der Waals surface area contributed by atoms with Gasteiger partial charge in [-0.2, -0.15) is 0 Å². The van der Waals surface area contributed by atoms with E-state index in [1.165, 1.54) is 24.9 Å². The predicted octanol–water partition coefficient (Wildman–Crippen LogP) is 3.11. The number of halogens is 1. The highest BCUT2D eigenvalue weighted by Crippen LogP contribution is 2.29. The minimum Gasteiger partial charge on any atom is -0.294 e. The maximum absolute atomic E-state index is 5.76. The second kappa shape index (κ2) is 4.11. The first-order valence-electron chi connectivity index (χ1n) is 5.43. The van der Waals surface area contributed by atoms with E-state index in [1.54, 1.807) is 0 Å². The van der Waals surface area contributed by atoms with E-state index in [0.29, 0.717) is 10.7 Å². The molecule has 0 radical (unpaired) electrons. The molecule has 2 heterocycles. The van der Waals surface area contributed by atoms with Gasteiger partial charge in [-0.1, -0.05) is 17.7 Å². The third-order valence-corrected chi connectivity index (χ3v) is 3.46. The Morgan fingerprint density at radius 1 is 1.47 bits per heavy atom. The molecule has 0 saturated carbocycles. The molecule has 1 saturated heterocycles. The van der Waals surface area contributed by atoms with Crippen LogP contribution >= 0.6 is 11.6 Å². The molecule has 1 fully saturated rings. The van der Waals surface area contributed by atoms with Gasteiger partial charge in [0.05, 0.1) is 0 Å². The van der Waals surface area contributed by atoms with Gasteiger partial charge in [0, 0.05) is 18.3 Å². The third-order valence-electron chi connectivity index (χ3n) is 3.23. The van der Waals surface area contributed by atoms with Gasteiger partial charge in [-0.15, -0.1) is 0 Å². The Labute approximate surface area is 96.3 Å². The molecule has 0 unspecified atom stereocenters. The number of rotatable bonds is 2. The summed E-state index contributed by atoms with van der Waals surface area (Å²) in [4.78, 5) is 6.62. The fraction of sp³-hybridized carbons (Fsp3) is 0.583. The van der Waals surface area contributed by atoms with Crippen molar-refractivity contribution >= 4 is 11.6 Å². The van der Waals surface area contributed by atoms with E-state index in [0.717, 1.165) is 6.54 Å². The normalized spacial score (nSPS) is 20.7. The second-order valence-corrected chi connectivity index (χ2v) is 5.21. The molecule has 2 rings (SSSR count). The first kappa shape index (κ1) is 10.9. The molecule has 2 nitrogen and oxygen atoms in total. The van der Waals surface area contributed by atoms with E-state index in [4.69, 9.17) is 11.6 Å². The van der Waals surface area contributed by atoms with Crippen LogP contribution in [0.1, 0.15) is 32.3 Å². The van der Waals surface area contributed by atoms with Crippen molar-refractivity contribution in [2.45, 2.75) is 38.8 Å². The molecule has 0 spiro atoms. The molecule has 0 atom stereocenters. The lowest BCUT2D eigenvalue weighted by Gasteiger charge is -2.31. The van der Waals surface area contributed by atoms with Gasteiger partial charge in [0.2, 0.25) is 0 Å².